The molecule has 108 valence electrons. The molecule has 0 fully saturated rings. The van der Waals surface area contributed by atoms with E-state index in [2.05, 4.69) is 5.32 Å². The molecule has 7 heteroatoms. The largest absolute Gasteiger partial charge is 0.377 e. The molecular formula is C13H13Cl2NO2S2. The number of rotatable bonds is 4. The van der Waals surface area contributed by atoms with Crippen molar-refractivity contribution in [3.63, 3.8) is 0 Å². The summed E-state index contributed by atoms with van der Waals surface area (Å²) in [5, 5.41) is 3.17. The van der Waals surface area contributed by atoms with E-state index in [-0.39, 0.29) is 10.9 Å². The molecule has 1 aromatic carbocycles. The van der Waals surface area contributed by atoms with Crippen molar-refractivity contribution in [3.05, 3.63) is 44.6 Å². The predicted octanol–water partition coefficient (Wildman–Crippen LogP) is 4.63. The molecule has 0 bridgehead atoms. The van der Waals surface area contributed by atoms with Gasteiger partial charge in [-0.15, -0.1) is 11.3 Å². The molecule has 0 saturated carbocycles. The Bertz CT molecular complexity index is 726. The van der Waals surface area contributed by atoms with Crippen molar-refractivity contribution in [2.24, 2.45) is 0 Å². The summed E-state index contributed by atoms with van der Waals surface area (Å²) in [7, 11) is -3.29. The van der Waals surface area contributed by atoms with Gasteiger partial charge in [0.25, 0.3) is 0 Å². The molecule has 3 nitrogen and oxygen atoms in total. The first-order valence-electron chi connectivity index (χ1n) is 5.79. The van der Waals surface area contributed by atoms with Crippen LogP contribution in [0.15, 0.2) is 35.2 Å². The Morgan fingerprint density at radius 2 is 1.90 bits per heavy atom. The number of hydrogen-bond donors (Lipinski definition) is 1. The van der Waals surface area contributed by atoms with Crippen LogP contribution < -0.4 is 5.32 Å². The van der Waals surface area contributed by atoms with Gasteiger partial charge >= 0.3 is 0 Å². The Balaban J connectivity index is 2.34. The second kappa shape index (κ2) is 5.93. The lowest BCUT2D eigenvalue weighted by Crippen LogP contribution is -2.10. The van der Waals surface area contributed by atoms with E-state index in [1.165, 1.54) is 17.6 Å². The fourth-order valence-corrected chi connectivity index (χ4v) is 4.37. The number of benzene rings is 1. The van der Waals surface area contributed by atoms with Crippen molar-refractivity contribution in [2.45, 2.75) is 17.9 Å². The lowest BCUT2D eigenvalue weighted by Gasteiger charge is -2.17. The molecule has 0 aliphatic heterocycles. The molecule has 20 heavy (non-hydrogen) atoms. The third-order valence-electron chi connectivity index (χ3n) is 2.81. The first-order valence-corrected chi connectivity index (χ1v) is 9.26. The normalized spacial score (nSPS) is 13.2. The minimum atomic E-state index is -3.29. The molecule has 0 spiro atoms. The molecule has 0 aliphatic carbocycles. The zero-order valence-electron chi connectivity index (χ0n) is 10.9. The van der Waals surface area contributed by atoms with Gasteiger partial charge in [0.1, 0.15) is 0 Å². The molecule has 1 aromatic heterocycles. The van der Waals surface area contributed by atoms with E-state index < -0.39 is 9.84 Å². The van der Waals surface area contributed by atoms with Gasteiger partial charge in [-0.3, -0.25) is 0 Å². The van der Waals surface area contributed by atoms with Crippen LogP contribution in [0.1, 0.15) is 18.5 Å². The molecule has 0 saturated heterocycles. The summed E-state index contributed by atoms with van der Waals surface area (Å²) >= 11 is 13.3. The average Bonchev–Trinajstić information content (AvgIpc) is 2.68. The number of sulfone groups is 1. The zero-order chi connectivity index (χ0) is 14.9. The molecule has 2 rings (SSSR count). The number of anilines is 1. The minimum Gasteiger partial charge on any atom is -0.377 e. The van der Waals surface area contributed by atoms with Crippen molar-refractivity contribution < 1.29 is 8.42 Å². The highest BCUT2D eigenvalue weighted by molar-refractivity contribution is 7.90. The van der Waals surface area contributed by atoms with Gasteiger partial charge in [0.05, 0.1) is 25.3 Å². The maximum atomic E-state index is 11.8. The highest BCUT2D eigenvalue weighted by Crippen LogP contribution is 2.36. The number of para-hydroxylation sites is 1. The average molecular weight is 350 g/mol. The Morgan fingerprint density at radius 1 is 1.25 bits per heavy atom. The van der Waals surface area contributed by atoms with Crippen LogP contribution in [0.5, 0.6) is 0 Å². The standard InChI is InChI=1S/C13H13Cl2NO2S2/c1-8(9-7-12(14)19-13(9)15)16-10-5-3-4-6-11(10)20(2,17)18/h3-8,16H,1-2H3. The predicted molar refractivity (Wildman–Crippen MR) is 85.9 cm³/mol. The summed E-state index contributed by atoms with van der Waals surface area (Å²) in [6, 6.07) is 8.43. The lowest BCUT2D eigenvalue weighted by atomic mass is 10.1. The first-order chi connectivity index (χ1) is 9.29. The number of halogens is 2. The smallest absolute Gasteiger partial charge is 0.177 e. The van der Waals surface area contributed by atoms with Gasteiger partial charge in [-0.05, 0) is 25.1 Å². The van der Waals surface area contributed by atoms with Crippen LogP contribution in [0.25, 0.3) is 0 Å². The van der Waals surface area contributed by atoms with Gasteiger partial charge < -0.3 is 5.32 Å². The van der Waals surface area contributed by atoms with Gasteiger partial charge in [0.2, 0.25) is 0 Å². The first kappa shape index (κ1) is 15.6. The summed E-state index contributed by atoms with van der Waals surface area (Å²) < 4.78 is 24.7. The third-order valence-corrected chi connectivity index (χ3v) is 5.48. The van der Waals surface area contributed by atoms with E-state index in [1.54, 1.807) is 30.3 Å². The fourth-order valence-electron chi connectivity index (χ4n) is 1.87. The van der Waals surface area contributed by atoms with E-state index in [1.807, 2.05) is 6.92 Å². The van der Waals surface area contributed by atoms with E-state index in [0.29, 0.717) is 14.4 Å². The van der Waals surface area contributed by atoms with Gasteiger partial charge in [-0.25, -0.2) is 8.42 Å². The van der Waals surface area contributed by atoms with Crippen LogP contribution in [-0.4, -0.2) is 14.7 Å². The number of nitrogens with one attached hydrogen (secondary N) is 1. The zero-order valence-corrected chi connectivity index (χ0v) is 14.0. The van der Waals surface area contributed by atoms with E-state index >= 15 is 0 Å². The Labute approximate surface area is 132 Å². The van der Waals surface area contributed by atoms with Crippen LogP contribution in [0.4, 0.5) is 5.69 Å². The molecule has 0 amide bonds. The Kier molecular flexibility index (Phi) is 4.64. The van der Waals surface area contributed by atoms with Crippen LogP contribution >= 0.6 is 34.5 Å². The summed E-state index contributed by atoms with van der Waals surface area (Å²) in [5.74, 6) is 0. The SMILES string of the molecule is CC(Nc1ccccc1S(C)(=O)=O)c1cc(Cl)sc1Cl. The summed E-state index contributed by atoms with van der Waals surface area (Å²) in [6.07, 6.45) is 1.19. The van der Waals surface area contributed by atoms with Crippen LogP contribution in [0, 0.1) is 0 Å². The van der Waals surface area contributed by atoms with Gasteiger partial charge in [0.15, 0.2) is 9.84 Å². The maximum Gasteiger partial charge on any atom is 0.177 e. The Morgan fingerprint density at radius 3 is 2.45 bits per heavy atom. The molecule has 0 radical (unpaired) electrons. The van der Waals surface area contributed by atoms with Crippen LogP contribution in [0.2, 0.25) is 8.67 Å². The quantitative estimate of drug-likeness (QED) is 0.874. The third kappa shape index (κ3) is 3.47. The van der Waals surface area contributed by atoms with Gasteiger partial charge in [0, 0.05) is 11.8 Å². The van der Waals surface area contributed by atoms with Crippen molar-refractivity contribution in [2.75, 3.05) is 11.6 Å². The van der Waals surface area contributed by atoms with Crippen LogP contribution in [-0.2, 0) is 9.84 Å². The molecule has 1 heterocycles. The molecule has 2 aromatic rings. The summed E-state index contributed by atoms with van der Waals surface area (Å²) in [5.41, 5.74) is 1.41. The van der Waals surface area contributed by atoms with E-state index in [0.717, 1.165) is 5.56 Å². The summed E-state index contributed by atoms with van der Waals surface area (Å²) in [4.78, 5) is 0.268. The van der Waals surface area contributed by atoms with Crippen LogP contribution in [0.3, 0.4) is 0 Å². The topological polar surface area (TPSA) is 46.2 Å². The fraction of sp³-hybridized carbons (Fsp3) is 0.231. The molecule has 1 N–H and O–H groups in total. The minimum absolute atomic E-state index is 0.144. The van der Waals surface area contributed by atoms with Crippen molar-refractivity contribution in [1.82, 2.24) is 0 Å². The molecule has 1 atom stereocenters. The van der Waals surface area contributed by atoms with Crippen molar-refractivity contribution >= 4 is 50.1 Å². The van der Waals surface area contributed by atoms with E-state index in [9.17, 15) is 8.42 Å². The monoisotopic (exact) mass is 349 g/mol. The lowest BCUT2D eigenvalue weighted by molar-refractivity contribution is 0.602. The highest BCUT2D eigenvalue weighted by Gasteiger charge is 2.17. The molecule has 0 aliphatic rings. The second-order valence-electron chi connectivity index (χ2n) is 4.41. The number of thiophene rings is 1. The number of hydrogen-bond acceptors (Lipinski definition) is 4. The van der Waals surface area contributed by atoms with Crippen molar-refractivity contribution in [1.29, 1.82) is 0 Å². The summed E-state index contributed by atoms with van der Waals surface area (Å²) in [6.45, 7) is 1.91. The molecule has 1 unspecified atom stereocenters. The second-order valence-corrected chi connectivity index (χ2v) is 8.68. The van der Waals surface area contributed by atoms with Gasteiger partial charge in [-0.1, -0.05) is 35.3 Å². The molecular weight excluding hydrogens is 337 g/mol. The maximum absolute atomic E-state index is 11.8. The van der Waals surface area contributed by atoms with E-state index in [4.69, 9.17) is 23.2 Å². The van der Waals surface area contributed by atoms with Crippen molar-refractivity contribution in [3.8, 4) is 0 Å². The highest BCUT2D eigenvalue weighted by atomic mass is 35.5. The van der Waals surface area contributed by atoms with Gasteiger partial charge in [-0.2, -0.15) is 0 Å². The Hall–Kier alpha value is -0.750.